The Morgan fingerprint density at radius 2 is 1.89 bits per heavy atom. The molecule has 0 unspecified atom stereocenters. The van der Waals surface area contributed by atoms with E-state index in [1.165, 1.54) is 37.2 Å². The number of carbonyl (C=O) groups excluding carboxylic acids is 1. The van der Waals surface area contributed by atoms with Gasteiger partial charge in [-0.25, -0.2) is 4.79 Å². The van der Waals surface area contributed by atoms with E-state index in [1.807, 2.05) is 18.2 Å². The van der Waals surface area contributed by atoms with Gasteiger partial charge >= 0.3 is 5.97 Å². The van der Waals surface area contributed by atoms with Gasteiger partial charge in [0.05, 0.1) is 14.2 Å². The van der Waals surface area contributed by atoms with E-state index in [9.17, 15) is 4.79 Å². The molecule has 0 aliphatic heterocycles. The quantitative estimate of drug-likeness (QED) is 0.607. The van der Waals surface area contributed by atoms with Crippen LogP contribution in [0.5, 0.6) is 5.75 Å². The van der Waals surface area contributed by atoms with Crippen LogP contribution in [0.25, 0.3) is 6.08 Å². The molecule has 0 amide bonds. The van der Waals surface area contributed by atoms with Crippen molar-refractivity contribution in [3.05, 3.63) is 34.9 Å². The molecule has 0 radical (unpaired) electrons. The molecular formula is C15H18O3. The highest BCUT2D eigenvalue weighted by molar-refractivity contribution is 5.87. The molecule has 0 bridgehead atoms. The molecule has 0 saturated heterocycles. The Balaban J connectivity index is 2.37. The molecule has 0 aromatic heterocycles. The molecule has 1 aromatic carbocycles. The van der Waals surface area contributed by atoms with E-state index in [0.717, 1.165) is 24.2 Å². The lowest BCUT2D eigenvalue weighted by Gasteiger charge is -2.20. The van der Waals surface area contributed by atoms with E-state index in [2.05, 4.69) is 4.74 Å². The first-order valence-electron chi connectivity index (χ1n) is 6.21. The second kappa shape index (κ2) is 5.71. The van der Waals surface area contributed by atoms with Gasteiger partial charge in [-0.2, -0.15) is 0 Å². The Morgan fingerprint density at radius 1 is 1.17 bits per heavy atom. The summed E-state index contributed by atoms with van der Waals surface area (Å²) in [4.78, 5) is 11.1. The minimum atomic E-state index is -0.324. The predicted molar refractivity (Wildman–Crippen MR) is 70.7 cm³/mol. The molecule has 0 N–H and O–H groups in total. The minimum Gasteiger partial charge on any atom is -0.496 e. The highest BCUT2D eigenvalue weighted by atomic mass is 16.5. The molecule has 2 rings (SSSR count). The van der Waals surface area contributed by atoms with Crippen molar-refractivity contribution in [2.45, 2.75) is 25.7 Å². The molecule has 96 valence electrons. The topological polar surface area (TPSA) is 35.5 Å². The van der Waals surface area contributed by atoms with Crippen LogP contribution in [0, 0.1) is 0 Å². The van der Waals surface area contributed by atoms with Crippen LogP contribution in [0.15, 0.2) is 18.2 Å². The molecule has 0 heterocycles. The Hall–Kier alpha value is -1.77. The first-order valence-corrected chi connectivity index (χ1v) is 6.21. The molecule has 3 nitrogen and oxygen atoms in total. The van der Waals surface area contributed by atoms with Crippen molar-refractivity contribution in [1.29, 1.82) is 0 Å². The maximum atomic E-state index is 11.1. The van der Waals surface area contributed by atoms with Crippen LogP contribution in [0.4, 0.5) is 0 Å². The van der Waals surface area contributed by atoms with Crippen LogP contribution in [0.3, 0.4) is 0 Å². The number of fused-ring (bicyclic) bond motifs is 1. The summed E-state index contributed by atoms with van der Waals surface area (Å²) in [5, 5.41) is 0. The van der Waals surface area contributed by atoms with Gasteiger partial charge in [-0.3, -0.25) is 0 Å². The lowest BCUT2D eigenvalue weighted by molar-refractivity contribution is -0.134. The summed E-state index contributed by atoms with van der Waals surface area (Å²) in [5.74, 6) is 0.635. The SMILES string of the molecule is COC(=O)/C=C/c1ccc(OC)c2c1CCCC2. The van der Waals surface area contributed by atoms with E-state index >= 15 is 0 Å². The van der Waals surface area contributed by atoms with Gasteiger partial charge in [0.25, 0.3) is 0 Å². The molecule has 0 fully saturated rings. The highest BCUT2D eigenvalue weighted by Gasteiger charge is 2.16. The summed E-state index contributed by atoms with van der Waals surface area (Å²) in [7, 11) is 3.09. The zero-order chi connectivity index (χ0) is 13.0. The van der Waals surface area contributed by atoms with Gasteiger partial charge in [-0.05, 0) is 54.5 Å². The zero-order valence-corrected chi connectivity index (χ0v) is 10.9. The molecule has 1 aliphatic carbocycles. The molecule has 0 spiro atoms. The van der Waals surface area contributed by atoms with Crippen LogP contribution in [0.1, 0.15) is 29.5 Å². The molecular weight excluding hydrogens is 228 g/mol. The first kappa shape index (κ1) is 12.7. The minimum absolute atomic E-state index is 0.324. The second-order valence-corrected chi connectivity index (χ2v) is 4.38. The van der Waals surface area contributed by atoms with E-state index in [0.29, 0.717) is 0 Å². The summed E-state index contributed by atoms with van der Waals surface area (Å²) >= 11 is 0. The van der Waals surface area contributed by atoms with Gasteiger partial charge in [0.2, 0.25) is 0 Å². The molecule has 0 atom stereocenters. The Labute approximate surface area is 107 Å². The van der Waals surface area contributed by atoms with Crippen molar-refractivity contribution in [1.82, 2.24) is 0 Å². The second-order valence-electron chi connectivity index (χ2n) is 4.38. The van der Waals surface area contributed by atoms with Crippen LogP contribution in [-0.4, -0.2) is 20.2 Å². The molecule has 18 heavy (non-hydrogen) atoms. The molecule has 3 heteroatoms. The summed E-state index contributed by atoms with van der Waals surface area (Å²) in [6, 6.07) is 3.98. The van der Waals surface area contributed by atoms with E-state index < -0.39 is 0 Å². The average molecular weight is 246 g/mol. The van der Waals surface area contributed by atoms with Crippen LogP contribution in [-0.2, 0) is 22.4 Å². The normalized spacial score (nSPS) is 14.3. The van der Waals surface area contributed by atoms with Crippen molar-refractivity contribution in [3.8, 4) is 5.75 Å². The van der Waals surface area contributed by atoms with E-state index in [-0.39, 0.29) is 5.97 Å². The fraction of sp³-hybridized carbons (Fsp3) is 0.400. The number of hydrogen-bond acceptors (Lipinski definition) is 3. The summed E-state index contributed by atoms with van der Waals surface area (Å²) in [5.41, 5.74) is 3.69. The number of methoxy groups -OCH3 is 2. The molecule has 0 saturated carbocycles. The van der Waals surface area contributed by atoms with Gasteiger partial charge in [0.1, 0.15) is 5.75 Å². The highest BCUT2D eigenvalue weighted by Crippen LogP contribution is 2.32. The maximum Gasteiger partial charge on any atom is 0.330 e. The van der Waals surface area contributed by atoms with Gasteiger partial charge in [-0.1, -0.05) is 6.07 Å². The van der Waals surface area contributed by atoms with Crippen molar-refractivity contribution < 1.29 is 14.3 Å². The lowest BCUT2D eigenvalue weighted by atomic mass is 9.87. The summed E-state index contributed by atoms with van der Waals surface area (Å²) in [6.45, 7) is 0. The lowest BCUT2D eigenvalue weighted by Crippen LogP contribution is -2.07. The standard InChI is InChI=1S/C15H18O3/c1-17-14-9-7-11(8-10-15(16)18-2)12-5-3-4-6-13(12)14/h7-10H,3-6H2,1-2H3/b10-8+. The monoisotopic (exact) mass is 246 g/mol. The van der Waals surface area contributed by atoms with Crippen molar-refractivity contribution in [2.75, 3.05) is 14.2 Å². The van der Waals surface area contributed by atoms with Gasteiger partial charge < -0.3 is 9.47 Å². The third kappa shape index (κ3) is 2.55. The molecule has 1 aromatic rings. The summed E-state index contributed by atoms with van der Waals surface area (Å²) < 4.78 is 10.0. The van der Waals surface area contributed by atoms with E-state index in [4.69, 9.17) is 4.74 Å². The fourth-order valence-electron chi connectivity index (χ4n) is 2.44. The number of ether oxygens (including phenoxy) is 2. The van der Waals surface area contributed by atoms with Crippen molar-refractivity contribution in [2.24, 2.45) is 0 Å². The van der Waals surface area contributed by atoms with Crippen LogP contribution >= 0.6 is 0 Å². The number of carbonyl (C=O) groups is 1. The Kier molecular flexibility index (Phi) is 4.03. The van der Waals surface area contributed by atoms with Gasteiger partial charge in [0.15, 0.2) is 0 Å². The largest absolute Gasteiger partial charge is 0.496 e. The third-order valence-corrected chi connectivity index (χ3v) is 3.35. The zero-order valence-electron chi connectivity index (χ0n) is 10.9. The number of esters is 1. The first-order chi connectivity index (χ1) is 8.76. The van der Waals surface area contributed by atoms with Crippen LogP contribution < -0.4 is 4.74 Å². The Morgan fingerprint density at radius 3 is 2.56 bits per heavy atom. The number of rotatable bonds is 3. The smallest absolute Gasteiger partial charge is 0.330 e. The average Bonchev–Trinajstić information content (AvgIpc) is 2.44. The van der Waals surface area contributed by atoms with Crippen molar-refractivity contribution >= 4 is 12.0 Å². The van der Waals surface area contributed by atoms with Crippen LogP contribution in [0.2, 0.25) is 0 Å². The van der Waals surface area contributed by atoms with Crippen molar-refractivity contribution in [3.63, 3.8) is 0 Å². The van der Waals surface area contributed by atoms with E-state index in [1.54, 1.807) is 7.11 Å². The van der Waals surface area contributed by atoms with Gasteiger partial charge in [-0.15, -0.1) is 0 Å². The maximum absolute atomic E-state index is 11.1. The fourth-order valence-corrected chi connectivity index (χ4v) is 2.44. The summed E-state index contributed by atoms with van der Waals surface area (Å²) in [6.07, 6.45) is 7.80. The molecule has 1 aliphatic rings. The Bertz CT molecular complexity index is 475. The number of benzene rings is 1. The van der Waals surface area contributed by atoms with Gasteiger partial charge in [0, 0.05) is 6.08 Å². The predicted octanol–water partition coefficient (Wildman–Crippen LogP) is 2.76. The number of hydrogen-bond donors (Lipinski definition) is 0. The third-order valence-electron chi connectivity index (χ3n) is 3.35.